The van der Waals surface area contributed by atoms with Crippen LogP contribution in [-0.4, -0.2) is 34.7 Å². The number of methoxy groups -OCH3 is 1. The molecule has 2 rings (SSSR count). The number of aliphatic carboxylic acids is 1. The number of carbonyl (C=O) groups excluding carboxylic acids is 1. The van der Waals surface area contributed by atoms with Crippen LogP contribution >= 0.6 is 0 Å². The van der Waals surface area contributed by atoms with Crippen LogP contribution in [-0.2, 0) is 9.53 Å². The summed E-state index contributed by atoms with van der Waals surface area (Å²) in [5.41, 5.74) is -0.583. The molecular weight excluding hydrogens is 258 g/mol. The molecule has 0 aromatic carbocycles. The Morgan fingerprint density at radius 2 is 2.10 bits per heavy atom. The van der Waals surface area contributed by atoms with Gasteiger partial charge in [-0.05, 0) is 31.6 Å². The van der Waals surface area contributed by atoms with Gasteiger partial charge < -0.3 is 9.84 Å². The average Bonchev–Trinajstić information content (AvgIpc) is 2.46. The maximum Gasteiger partial charge on any atom is 0.414 e. The number of carboxylic acids is 1. The smallest absolute Gasteiger partial charge is 0.414 e. The number of ether oxygens (including phenoxy) is 1. The minimum absolute atomic E-state index is 0.210. The second-order valence-electron chi connectivity index (χ2n) is 5.84. The molecule has 0 spiro atoms. The molecule has 20 heavy (non-hydrogen) atoms. The number of rotatable bonds is 2. The van der Waals surface area contributed by atoms with Gasteiger partial charge in [0.15, 0.2) is 0 Å². The Kier molecular flexibility index (Phi) is 4.06. The number of allylic oxidation sites excluding steroid dienone is 1. The van der Waals surface area contributed by atoms with Crippen LogP contribution in [0.4, 0.5) is 4.79 Å². The molecule has 0 bridgehead atoms. The first-order valence-corrected chi connectivity index (χ1v) is 7.28. The standard InChI is InChI=1S/C15H23NO4/c1-4-15(13(17)18)9-11-7-5-6-8-12(11)10(2)16(15)14(19)20-3/h11-12H,2,4-9H2,1,3H3,(H,17,18). The van der Waals surface area contributed by atoms with Crippen molar-refractivity contribution < 1.29 is 19.4 Å². The lowest BCUT2D eigenvalue weighted by atomic mass is 9.66. The Morgan fingerprint density at radius 3 is 2.65 bits per heavy atom. The van der Waals surface area contributed by atoms with Crippen LogP contribution < -0.4 is 0 Å². The number of carboxylic acid groups (broad SMARTS) is 1. The van der Waals surface area contributed by atoms with Crippen molar-refractivity contribution in [3.63, 3.8) is 0 Å². The zero-order valence-corrected chi connectivity index (χ0v) is 12.2. The largest absolute Gasteiger partial charge is 0.479 e. The summed E-state index contributed by atoms with van der Waals surface area (Å²) in [6.07, 6.45) is 4.50. The van der Waals surface area contributed by atoms with E-state index >= 15 is 0 Å². The zero-order valence-electron chi connectivity index (χ0n) is 12.2. The van der Waals surface area contributed by atoms with Gasteiger partial charge in [-0.3, -0.25) is 4.90 Å². The number of hydrogen-bond donors (Lipinski definition) is 1. The second-order valence-corrected chi connectivity index (χ2v) is 5.84. The number of likely N-dealkylation sites (tertiary alicyclic amines) is 1. The quantitative estimate of drug-likeness (QED) is 0.845. The molecule has 2 fully saturated rings. The van der Waals surface area contributed by atoms with Crippen molar-refractivity contribution in [2.45, 2.75) is 51.0 Å². The summed E-state index contributed by atoms with van der Waals surface area (Å²) < 4.78 is 4.81. The predicted octanol–water partition coefficient (Wildman–Crippen LogP) is 3.01. The summed E-state index contributed by atoms with van der Waals surface area (Å²) >= 11 is 0. The number of carbonyl (C=O) groups is 2. The molecule has 112 valence electrons. The van der Waals surface area contributed by atoms with Crippen LogP contribution in [0, 0.1) is 11.8 Å². The SMILES string of the molecule is C=C1C2CCCCC2CC(CC)(C(=O)O)N1C(=O)OC. The van der Waals surface area contributed by atoms with E-state index in [-0.39, 0.29) is 5.92 Å². The summed E-state index contributed by atoms with van der Waals surface area (Å²) in [4.78, 5) is 25.3. The van der Waals surface area contributed by atoms with E-state index in [1.165, 1.54) is 12.0 Å². The van der Waals surface area contributed by atoms with Gasteiger partial charge >= 0.3 is 12.1 Å². The number of nitrogens with zero attached hydrogens (tertiary/aromatic N) is 1. The third-order valence-electron chi connectivity index (χ3n) is 4.99. The van der Waals surface area contributed by atoms with E-state index in [1.54, 1.807) is 6.92 Å². The summed E-state index contributed by atoms with van der Waals surface area (Å²) in [5, 5.41) is 9.72. The zero-order chi connectivity index (χ0) is 14.9. The van der Waals surface area contributed by atoms with Gasteiger partial charge in [-0.15, -0.1) is 0 Å². The van der Waals surface area contributed by atoms with E-state index in [9.17, 15) is 14.7 Å². The van der Waals surface area contributed by atoms with Crippen LogP contribution in [0.25, 0.3) is 0 Å². The third-order valence-corrected chi connectivity index (χ3v) is 4.99. The molecule has 0 aromatic heterocycles. The molecule has 3 unspecified atom stereocenters. The van der Waals surface area contributed by atoms with E-state index in [0.717, 1.165) is 25.7 Å². The van der Waals surface area contributed by atoms with E-state index in [2.05, 4.69) is 6.58 Å². The van der Waals surface area contributed by atoms with Crippen LogP contribution in [0.5, 0.6) is 0 Å². The summed E-state index contributed by atoms with van der Waals surface area (Å²) in [6, 6.07) is 0. The lowest BCUT2D eigenvalue weighted by Crippen LogP contribution is -2.62. The van der Waals surface area contributed by atoms with Crippen molar-refractivity contribution >= 4 is 12.1 Å². The van der Waals surface area contributed by atoms with Gasteiger partial charge in [0, 0.05) is 11.6 Å². The van der Waals surface area contributed by atoms with Crippen molar-refractivity contribution in [3.05, 3.63) is 12.3 Å². The summed E-state index contributed by atoms with van der Waals surface area (Å²) in [5.74, 6) is -0.439. The highest BCUT2D eigenvalue weighted by Gasteiger charge is 2.54. The molecule has 0 aromatic rings. The van der Waals surface area contributed by atoms with Gasteiger partial charge in [0.25, 0.3) is 0 Å². The maximum atomic E-state index is 12.1. The normalized spacial score (nSPS) is 33.5. The molecule has 2 aliphatic rings. The monoisotopic (exact) mass is 281 g/mol. The minimum atomic E-state index is -1.21. The van der Waals surface area contributed by atoms with Crippen LogP contribution in [0.1, 0.15) is 45.4 Å². The van der Waals surface area contributed by atoms with Gasteiger partial charge in [0.2, 0.25) is 0 Å². The fourth-order valence-electron chi connectivity index (χ4n) is 3.88. The number of hydrogen-bond acceptors (Lipinski definition) is 3. The molecule has 1 aliphatic carbocycles. The third kappa shape index (κ3) is 2.09. The van der Waals surface area contributed by atoms with E-state index in [0.29, 0.717) is 24.5 Å². The molecule has 0 radical (unpaired) electrons. The summed E-state index contributed by atoms with van der Waals surface area (Å²) in [6.45, 7) is 5.84. The molecule has 1 saturated heterocycles. The van der Waals surface area contributed by atoms with Crippen molar-refractivity contribution in [3.8, 4) is 0 Å². The van der Waals surface area contributed by atoms with Crippen LogP contribution in [0.15, 0.2) is 12.3 Å². The Bertz CT molecular complexity index is 434. The van der Waals surface area contributed by atoms with Gasteiger partial charge in [-0.25, -0.2) is 9.59 Å². The molecule has 1 amide bonds. The fourth-order valence-corrected chi connectivity index (χ4v) is 3.88. The minimum Gasteiger partial charge on any atom is -0.479 e. The highest BCUT2D eigenvalue weighted by Crippen LogP contribution is 2.49. The van der Waals surface area contributed by atoms with Crippen molar-refractivity contribution in [1.29, 1.82) is 0 Å². The Labute approximate surface area is 119 Å². The van der Waals surface area contributed by atoms with E-state index in [1.807, 2.05) is 0 Å². The van der Waals surface area contributed by atoms with Gasteiger partial charge in [0.05, 0.1) is 7.11 Å². The van der Waals surface area contributed by atoms with E-state index < -0.39 is 17.6 Å². The maximum absolute atomic E-state index is 12.1. The van der Waals surface area contributed by atoms with Gasteiger partial charge in [-0.2, -0.15) is 0 Å². The molecule has 3 atom stereocenters. The molecule has 1 aliphatic heterocycles. The van der Waals surface area contributed by atoms with Gasteiger partial charge in [-0.1, -0.05) is 26.3 Å². The second kappa shape index (κ2) is 5.46. The fraction of sp³-hybridized carbons (Fsp3) is 0.733. The molecule has 5 heteroatoms. The lowest BCUT2D eigenvalue weighted by Gasteiger charge is -2.51. The first-order valence-electron chi connectivity index (χ1n) is 7.28. The predicted molar refractivity (Wildman–Crippen MR) is 74.1 cm³/mol. The highest BCUT2D eigenvalue weighted by molar-refractivity contribution is 5.86. The molecule has 5 nitrogen and oxygen atoms in total. The lowest BCUT2D eigenvalue weighted by molar-refractivity contribution is -0.154. The Hall–Kier alpha value is -1.52. The number of amides is 1. The van der Waals surface area contributed by atoms with Crippen LogP contribution in [0.3, 0.4) is 0 Å². The summed E-state index contributed by atoms with van der Waals surface area (Å²) in [7, 11) is 1.28. The number of fused-ring (bicyclic) bond motifs is 1. The van der Waals surface area contributed by atoms with E-state index in [4.69, 9.17) is 4.74 Å². The first-order chi connectivity index (χ1) is 9.47. The first kappa shape index (κ1) is 14.9. The van der Waals surface area contributed by atoms with Crippen LogP contribution in [0.2, 0.25) is 0 Å². The molecule has 1 heterocycles. The highest BCUT2D eigenvalue weighted by atomic mass is 16.5. The average molecular weight is 281 g/mol. The van der Waals surface area contributed by atoms with Crippen molar-refractivity contribution in [1.82, 2.24) is 4.90 Å². The Balaban J connectivity index is 2.44. The van der Waals surface area contributed by atoms with Crippen molar-refractivity contribution in [2.24, 2.45) is 11.8 Å². The van der Waals surface area contributed by atoms with Crippen molar-refractivity contribution in [2.75, 3.05) is 7.11 Å². The Morgan fingerprint density at radius 1 is 1.45 bits per heavy atom. The number of piperidine rings is 1. The molecule has 1 N–H and O–H groups in total. The van der Waals surface area contributed by atoms with Gasteiger partial charge in [0.1, 0.15) is 5.54 Å². The molecular formula is C15H23NO4. The molecule has 1 saturated carbocycles. The topological polar surface area (TPSA) is 66.8 Å².